The molecule has 0 bridgehead atoms. The van der Waals surface area contributed by atoms with Crippen LogP contribution in [0.3, 0.4) is 0 Å². The fourth-order valence-electron chi connectivity index (χ4n) is 4.16. The lowest BCUT2D eigenvalue weighted by Crippen LogP contribution is -2.48. The zero-order valence-corrected chi connectivity index (χ0v) is 11.9. The van der Waals surface area contributed by atoms with Crippen molar-refractivity contribution in [3.05, 3.63) is 0 Å². The Kier molecular flexibility index (Phi) is 3.52. The molecule has 2 saturated carbocycles. The van der Waals surface area contributed by atoms with Crippen LogP contribution in [0.2, 0.25) is 0 Å². The van der Waals surface area contributed by atoms with Gasteiger partial charge in [-0.3, -0.25) is 9.59 Å². The van der Waals surface area contributed by atoms with Crippen molar-refractivity contribution in [3.63, 3.8) is 0 Å². The molecule has 2 fully saturated rings. The van der Waals surface area contributed by atoms with Crippen molar-refractivity contribution < 1.29 is 14.3 Å². The molecule has 2 aliphatic carbocycles. The fourth-order valence-corrected chi connectivity index (χ4v) is 4.16. The van der Waals surface area contributed by atoms with Crippen LogP contribution in [-0.2, 0) is 14.3 Å². The number of Topliss-reactive ketones (excluding diaryl/α,β-unsaturated/α-hetero) is 1. The first kappa shape index (κ1) is 13.6. The third kappa shape index (κ3) is 2.76. The Balaban J connectivity index is 2.22. The molecule has 18 heavy (non-hydrogen) atoms. The van der Waals surface area contributed by atoms with Crippen molar-refractivity contribution in [1.82, 2.24) is 0 Å². The fraction of sp³-hybridized carbons (Fsp3) is 0.867. The van der Waals surface area contributed by atoms with Gasteiger partial charge in [-0.2, -0.15) is 0 Å². The lowest BCUT2D eigenvalue weighted by atomic mass is 9.58. The van der Waals surface area contributed by atoms with E-state index >= 15 is 0 Å². The van der Waals surface area contributed by atoms with E-state index in [0.29, 0.717) is 36.4 Å². The van der Waals surface area contributed by atoms with Crippen LogP contribution in [-0.4, -0.2) is 17.9 Å². The summed E-state index contributed by atoms with van der Waals surface area (Å²) in [4.78, 5) is 23.0. The Hall–Kier alpha value is -0.860. The average molecular weight is 252 g/mol. The third-order valence-corrected chi connectivity index (χ3v) is 4.56. The summed E-state index contributed by atoms with van der Waals surface area (Å²) < 4.78 is 5.55. The summed E-state index contributed by atoms with van der Waals surface area (Å²) in [6.07, 6.45) is 3.33. The van der Waals surface area contributed by atoms with Crippen LogP contribution in [0.15, 0.2) is 0 Å². The molecule has 3 heteroatoms. The van der Waals surface area contributed by atoms with Gasteiger partial charge in [0.2, 0.25) is 0 Å². The highest BCUT2D eigenvalue weighted by Crippen LogP contribution is 2.50. The molecule has 0 aliphatic heterocycles. The molecule has 0 heterocycles. The molecule has 4 atom stereocenters. The Bertz CT molecular complexity index is 359. The van der Waals surface area contributed by atoms with Gasteiger partial charge in [0.1, 0.15) is 11.9 Å². The van der Waals surface area contributed by atoms with Gasteiger partial charge in [0, 0.05) is 25.7 Å². The van der Waals surface area contributed by atoms with Crippen molar-refractivity contribution in [2.24, 2.45) is 23.2 Å². The summed E-state index contributed by atoms with van der Waals surface area (Å²) in [5.41, 5.74) is 0.165. The standard InChI is InChI=1S/C15H24O3/c1-9-5-12(17)6-11-7-15(3,4)8-13(14(9)11)18-10(2)16/h9,11,13-14H,5-8H2,1-4H3/t9-,11?,13?,14?/m0/s1. The summed E-state index contributed by atoms with van der Waals surface area (Å²) in [7, 11) is 0. The first-order chi connectivity index (χ1) is 8.28. The van der Waals surface area contributed by atoms with Crippen molar-refractivity contribution >= 4 is 11.8 Å². The van der Waals surface area contributed by atoms with Gasteiger partial charge in [-0.05, 0) is 30.1 Å². The summed E-state index contributed by atoms with van der Waals surface area (Å²) in [6, 6.07) is 0. The monoisotopic (exact) mass is 252 g/mol. The van der Waals surface area contributed by atoms with Crippen molar-refractivity contribution in [3.8, 4) is 0 Å². The topological polar surface area (TPSA) is 43.4 Å². The Morgan fingerprint density at radius 2 is 1.94 bits per heavy atom. The van der Waals surface area contributed by atoms with Gasteiger partial charge in [0.15, 0.2) is 0 Å². The molecular formula is C15H24O3. The normalized spacial score (nSPS) is 39.0. The Morgan fingerprint density at radius 3 is 2.56 bits per heavy atom. The minimum absolute atomic E-state index is 0.000602. The van der Waals surface area contributed by atoms with E-state index in [1.165, 1.54) is 6.92 Å². The van der Waals surface area contributed by atoms with Crippen LogP contribution in [0, 0.1) is 23.2 Å². The predicted octanol–water partition coefficient (Wildman–Crippen LogP) is 2.97. The third-order valence-electron chi connectivity index (χ3n) is 4.56. The lowest BCUT2D eigenvalue weighted by Gasteiger charge is -2.49. The van der Waals surface area contributed by atoms with E-state index in [9.17, 15) is 9.59 Å². The van der Waals surface area contributed by atoms with E-state index in [1.54, 1.807) is 0 Å². The largest absolute Gasteiger partial charge is 0.462 e. The molecular weight excluding hydrogens is 228 g/mol. The van der Waals surface area contributed by atoms with Gasteiger partial charge in [0.05, 0.1) is 0 Å². The summed E-state index contributed by atoms with van der Waals surface area (Å²) in [5.74, 6) is 1.30. The molecule has 3 nitrogen and oxygen atoms in total. The maximum atomic E-state index is 11.8. The minimum Gasteiger partial charge on any atom is -0.462 e. The van der Waals surface area contributed by atoms with Crippen LogP contribution in [0.1, 0.15) is 53.4 Å². The zero-order valence-electron chi connectivity index (χ0n) is 11.9. The van der Waals surface area contributed by atoms with Crippen LogP contribution >= 0.6 is 0 Å². The number of carbonyl (C=O) groups excluding carboxylic acids is 2. The highest BCUT2D eigenvalue weighted by molar-refractivity contribution is 5.79. The molecule has 0 N–H and O–H groups in total. The van der Waals surface area contributed by atoms with Crippen LogP contribution in [0.25, 0.3) is 0 Å². The van der Waals surface area contributed by atoms with Gasteiger partial charge in [-0.15, -0.1) is 0 Å². The quantitative estimate of drug-likeness (QED) is 0.674. The molecule has 0 amide bonds. The molecule has 0 spiro atoms. The molecule has 102 valence electrons. The number of esters is 1. The van der Waals surface area contributed by atoms with Gasteiger partial charge in [0.25, 0.3) is 0 Å². The number of hydrogen-bond acceptors (Lipinski definition) is 3. The summed E-state index contributed by atoms with van der Waals surface area (Å²) in [5, 5.41) is 0. The highest BCUT2D eigenvalue weighted by atomic mass is 16.5. The second-order valence-corrected chi connectivity index (χ2v) is 6.98. The van der Waals surface area contributed by atoms with E-state index < -0.39 is 0 Å². The first-order valence-electron chi connectivity index (χ1n) is 6.97. The van der Waals surface area contributed by atoms with Gasteiger partial charge >= 0.3 is 5.97 Å². The molecule has 0 aromatic carbocycles. The van der Waals surface area contributed by atoms with Gasteiger partial charge in [-0.25, -0.2) is 0 Å². The van der Waals surface area contributed by atoms with Crippen LogP contribution < -0.4 is 0 Å². The number of hydrogen-bond donors (Lipinski definition) is 0. The maximum absolute atomic E-state index is 11.8. The molecule has 3 unspecified atom stereocenters. The van der Waals surface area contributed by atoms with Crippen molar-refractivity contribution in [2.75, 3.05) is 0 Å². The summed E-state index contributed by atoms with van der Waals surface area (Å²) in [6.45, 7) is 8.03. The molecule has 0 aromatic rings. The van der Waals surface area contributed by atoms with Crippen LogP contribution in [0.4, 0.5) is 0 Å². The molecule has 2 rings (SSSR count). The van der Waals surface area contributed by atoms with Gasteiger partial charge in [-0.1, -0.05) is 20.8 Å². The average Bonchev–Trinajstić information content (AvgIpc) is 2.11. The SMILES string of the molecule is CC(=O)OC1CC(C)(C)CC2CC(=O)C[C@H](C)C21. The van der Waals surface area contributed by atoms with Crippen molar-refractivity contribution in [1.29, 1.82) is 0 Å². The number of rotatable bonds is 1. The summed E-state index contributed by atoms with van der Waals surface area (Å²) >= 11 is 0. The molecule has 0 aromatic heterocycles. The smallest absolute Gasteiger partial charge is 0.302 e. The van der Waals surface area contributed by atoms with E-state index in [2.05, 4.69) is 20.8 Å². The minimum atomic E-state index is -0.194. The Morgan fingerprint density at radius 1 is 1.28 bits per heavy atom. The van der Waals surface area contributed by atoms with E-state index in [-0.39, 0.29) is 17.5 Å². The molecule has 0 radical (unpaired) electrons. The zero-order chi connectivity index (χ0) is 13.5. The van der Waals surface area contributed by atoms with E-state index in [0.717, 1.165) is 12.8 Å². The van der Waals surface area contributed by atoms with Gasteiger partial charge < -0.3 is 4.74 Å². The number of carbonyl (C=O) groups is 2. The van der Waals surface area contributed by atoms with E-state index in [4.69, 9.17) is 4.74 Å². The maximum Gasteiger partial charge on any atom is 0.302 e. The molecule has 0 saturated heterocycles. The Labute approximate surface area is 109 Å². The highest BCUT2D eigenvalue weighted by Gasteiger charge is 2.48. The second-order valence-electron chi connectivity index (χ2n) is 6.98. The number of ketones is 1. The second kappa shape index (κ2) is 4.67. The van der Waals surface area contributed by atoms with Crippen molar-refractivity contribution in [2.45, 2.75) is 59.5 Å². The molecule has 2 aliphatic rings. The first-order valence-corrected chi connectivity index (χ1v) is 6.97. The van der Waals surface area contributed by atoms with Crippen LogP contribution in [0.5, 0.6) is 0 Å². The predicted molar refractivity (Wildman–Crippen MR) is 69.0 cm³/mol. The lowest BCUT2D eigenvalue weighted by molar-refractivity contribution is -0.162. The van der Waals surface area contributed by atoms with E-state index in [1.807, 2.05) is 0 Å². The number of fused-ring (bicyclic) bond motifs is 1. The number of ether oxygens (including phenoxy) is 1.